The molecule has 2 aliphatic rings. The molecule has 50 heavy (non-hydrogen) atoms. The highest BCUT2D eigenvalue weighted by atomic mass is 16.5. The quantitative estimate of drug-likeness (QED) is 0.179. The first kappa shape index (κ1) is 34.8. The number of ether oxygens (including phenoxy) is 2. The second kappa shape index (κ2) is 16.6. The summed E-state index contributed by atoms with van der Waals surface area (Å²) in [5.41, 5.74) is 4.81. The van der Waals surface area contributed by atoms with Gasteiger partial charge in [0.2, 0.25) is 0 Å². The minimum atomic E-state index is -0.272. The standard InChI is InChI=1S/C36H46N10O4/c1-26-21-34(38-23-27-5-8-29(49-3)9-6-27)39-24-30(26)35(47)40-31-22-28(7-10-33(31)45-15-13-43(2)14-16-45)46-25-32(41-42-46)36(48)37-11-4-12-44-17-19-50-20-18-44/h5-10,21-22,24-25H,4,11-20,23H2,1-3H3,(H,37,48)(H,38,39)(H,40,47). The fourth-order valence-electron chi connectivity index (χ4n) is 6.02. The predicted molar refractivity (Wildman–Crippen MR) is 193 cm³/mol. The molecule has 6 rings (SSSR count). The summed E-state index contributed by atoms with van der Waals surface area (Å²) in [6.07, 6.45) is 4.05. The predicted octanol–water partition coefficient (Wildman–Crippen LogP) is 3.05. The molecule has 2 aromatic heterocycles. The maximum atomic E-state index is 13.7. The Morgan fingerprint density at radius 1 is 0.960 bits per heavy atom. The summed E-state index contributed by atoms with van der Waals surface area (Å²) in [4.78, 5) is 38.0. The zero-order valence-corrected chi connectivity index (χ0v) is 29.0. The Hall–Kier alpha value is -5.05. The van der Waals surface area contributed by atoms with Crippen LogP contribution in [0.5, 0.6) is 5.75 Å². The molecule has 4 heterocycles. The van der Waals surface area contributed by atoms with Crippen LogP contribution >= 0.6 is 0 Å². The van der Waals surface area contributed by atoms with E-state index in [1.54, 1.807) is 24.2 Å². The summed E-state index contributed by atoms with van der Waals surface area (Å²) in [5.74, 6) is 0.947. The van der Waals surface area contributed by atoms with E-state index in [9.17, 15) is 9.59 Å². The Bertz CT molecular complexity index is 1750. The molecule has 0 unspecified atom stereocenters. The van der Waals surface area contributed by atoms with E-state index in [-0.39, 0.29) is 17.5 Å². The smallest absolute Gasteiger partial charge is 0.273 e. The Labute approximate surface area is 292 Å². The van der Waals surface area contributed by atoms with Crippen LogP contribution < -0.4 is 25.6 Å². The topological polar surface area (TPSA) is 142 Å². The summed E-state index contributed by atoms with van der Waals surface area (Å²) >= 11 is 0. The fraction of sp³-hybridized carbons (Fsp3) is 0.417. The molecule has 0 atom stereocenters. The lowest BCUT2D eigenvalue weighted by Gasteiger charge is -2.35. The third-order valence-corrected chi connectivity index (χ3v) is 9.09. The first-order chi connectivity index (χ1) is 24.4. The van der Waals surface area contributed by atoms with Crippen molar-refractivity contribution in [1.82, 2.24) is 35.1 Å². The normalized spacial score (nSPS) is 15.5. The number of piperazine rings is 1. The van der Waals surface area contributed by atoms with Gasteiger partial charge in [-0.2, -0.15) is 0 Å². The van der Waals surface area contributed by atoms with Gasteiger partial charge in [-0.1, -0.05) is 17.3 Å². The molecule has 0 aliphatic carbocycles. The van der Waals surface area contributed by atoms with Gasteiger partial charge in [0.05, 0.1) is 49.1 Å². The van der Waals surface area contributed by atoms with Crippen LogP contribution in [-0.4, -0.2) is 121 Å². The number of anilines is 3. The van der Waals surface area contributed by atoms with Crippen molar-refractivity contribution in [1.29, 1.82) is 0 Å². The van der Waals surface area contributed by atoms with Crippen LogP contribution in [0.25, 0.3) is 5.69 Å². The molecule has 0 bridgehead atoms. The zero-order valence-electron chi connectivity index (χ0n) is 29.0. The van der Waals surface area contributed by atoms with Gasteiger partial charge in [0.25, 0.3) is 11.8 Å². The van der Waals surface area contributed by atoms with E-state index in [1.807, 2.05) is 55.5 Å². The Morgan fingerprint density at radius 3 is 2.48 bits per heavy atom. The van der Waals surface area contributed by atoms with E-state index in [2.05, 4.69) is 53.0 Å². The number of amides is 2. The van der Waals surface area contributed by atoms with E-state index in [0.717, 1.165) is 88.0 Å². The highest BCUT2D eigenvalue weighted by Gasteiger charge is 2.21. The van der Waals surface area contributed by atoms with E-state index in [1.165, 1.54) is 0 Å². The number of carbonyl (C=O) groups excluding carboxylic acids is 2. The van der Waals surface area contributed by atoms with Crippen molar-refractivity contribution in [3.63, 3.8) is 0 Å². The van der Waals surface area contributed by atoms with Crippen LogP contribution in [0.4, 0.5) is 17.2 Å². The molecule has 2 aromatic carbocycles. The van der Waals surface area contributed by atoms with Crippen LogP contribution in [-0.2, 0) is 11.3 Å². The number of nitrogens with zero attached hydrogens (tertiary/aromatic N) is 7. The van der Waals surface area contributed by atoms with E-state index < -0.39 is 0 Å². The highest BCUT2D eigenvalue weighted by Crippen LogP contribution is 2.30. The largest absolute Gasteiger partial charge is 0.497 e. The number of aryl methyl sites for hydroxylation is 1. The van der Waals surface area contributed by atoms with Crippen molar-refractivity contribution < 1.29 is 19.1 Å². The van der Waals surface area contributed by atoms with Crippen LogP contribution in [0.3, 0.4) is 0 Å². The van der Waals surface area contributed by atoms with Crippen molar-refractivity contribution in [2.45, 2.75) is 19.9 Å². The van der Waals surface area contributed by atoms with Crippen LogP contribution in [0.2, 0.25) is 0 Å². The third-order valence-electron chi connectivity index (χ3n) is 9.09. The van der Waals surface area contributed by atoms with Gasteiger partial charge >= 0.3 is 0 Å². The lowest BCUT2D eigenvalue weighted by molar-refractivity contribution is 0.0374. The van der Waals surface area contributed by atoms with Gasteiger partial charge in [0.15, 0.2) is 5.69 Å². The highest BCUT2D eigenvalue weighted by molar-refractivity contribution is 6.07. The number of methoxy groups -OCH3 is 1. The Morgan fingerprint density at radius 2 is 1.74 bits per heavy atom. The summed E-state index contributed by atoms with van der Waals surface area (Å²) in [6, 6.07) is 15.5. The molecule has 3 N–H and O–H groups in total. The van der Waals surface area contributed by atoms with Gasteiger partial charge in [0, 0.05) is 58.6 Å². The van der Waals surface area contributed by atoms with Gasteiger partial charge < -0.3 is 35.2 Å². The Balaban J connectivity index is 1.13. The average Bonchev–Trinajstić information content (AvgIpc) is 3.64. The molecular formula is C36H46N10O4. The number of rotatable bonds is 13. The van der Waals surface area contributed by atoms with E-state index in [4.69, 9.17) is 9.47 Å². The van der Waals surface area contributed by atoms with Crippen molar-refractivity contribution in [3.05, 3.63) is 83.3 Å². The number of carbonyl (C=O) groups is 2. The number of nitrogens with one attached hydrogen (secondary N) is 3. The van der Waals surface area contributed by atoms with Crippen LogP contribution in [0.15, 0.2) is 60.9 Å². The molecule has 14 nitrogen and oxygen atoms in total. The molecule has 2 aliphatic heterocycles. The van der Waals surface area contributed by atoms with Crippen LogP contribution in [0, 0.1) is 6.92 Å². The molecule has 2 fully saturated rings. The number of hydrogen-bond donors (Lipinski definition) is 3. The van der Waals surface area contributed by atoms with E-state index >= 15 is 0 Å². The lowest BCUT2D eigenvalue weighted by atomic mass is 10.1. The first-order valence-corrected chi connectivity index (χ1v) is 17.1. The fourth-order valence-corrected chi connectivity index (χ4v) is 6.02. The summed E-state index contributed by atoms with van der Waals surface area (Å²) < 4.78 is 12.2. The molecule has 14 heteroatoms. The van der Waals surface area contributed by atoms with Crippen LogP contribution in [0.1, 0.15) is 38.4 Å². The second-order valence-electron chi connectivity index (χ2n) is 12.6. The number of hydrogen-bond acceptors (Lipinski definition) is 11. The molecule has 2 amide bonds. The average molecular weight is 683 g/mol. The zero-order chi connectivity index (χ0) is 34.9. The minimum absolute atomic E-state index is 0.229. The second-order valence-corrected chi connectivity index (χ2v) is 12.6. The molecule has 0 radical (unpaired) electrons. The van der Waals surface area contributed by atoms with Crippen molar-refractivity contribution >= 4 is 29.0 Å². The molecular weight excluding hydrogens is 636 g/mol. The number of morpholine rings is 1. The van der Waals surface area contributed by atoms with Crippen molar-refractivity contribution in [2.75, 3.05) is 95.3 Å². The maximum Gasteiger partial charge on any atom is 0.273 e. The molecule has 0 saturated carbocycles. The summed E-state index contributed by atoms with van der Waals surface area (Å²) in [5, 5.41) is 17.8. The maximum absolute atomic E-state index is 13.7. The molecule has 0 spiro atoms. The summed E-state index contributed by atoms with van der Waals surface area (Å²) in [6.45, 7) is 10.8. The van der Waals surface area contributed by atoms with E-state index in [0.29, 0.717) is 35.8 Å². The number of likely N-dealkylation sites (N-methyl/N-ethyl adjacent to an activating group) is 1. The number of aromatic nitrogens is 4. The molecule has 2 saturated heterocycles. The van der Waals surface area contributed by atoms with Gasteiger partial charge in [0.1, 0.15) is 11.6 Å². The van der Waals surface area contributed by atoms with Gasteiger partial charge in [-0.05, 0) is 74.5 Å². The number of benzene rings is 2. The van der Waals surface area contributed by atoms with Crippen molar-refractivity contribution in [2.24, 2.45) is 0 Å². The van der Waals surface area contributed by atoms with Crippen molar-refractivity contribution in [3.8, 4) is 11.4 Å². The first-order valence-electron chi connectivity index (χ1n) is 17.1. The molecule has 4 aromatic rings. The van der Waals surface area contributed by atoms with Gasteiger partial charge in [-0.25, -0.2) is 9.67 Å². The SMILES string of the molecule is COc1ccc(CNc2cc(C)c(C(=O)Nc3cc(-n4cc(C(=O)NCCCN5CCOCC5)nn4)ccc3N3CCN(C)CC3)cn2)cc1. The minimum Gasteiger partial charge on any atom is -0.497 e. The summed E-state index contributed by atoms with van der Waals surface area (Å²) in [7, 11) is 3.75. The molecule has 264 valence electrons. The number of pyridine rings is 1. The third kappa shape index (κ3) is 8.94. The monoisotopic (exact) mass is 682 g/mol. The Kier molecular flexibility index (Phi) is 11.5. The van der Waals surface area contributed by atoms with Gasteiger partial charge in [-0.15, -0.1) is 5.10 Å². The van der Waals surface area contributed by atoms with Gasteiger partial charge in [-0.3, -0.25) is 14.5 Å². The lowest BCUT2D eigenvalue weighted by Crippen LogP contribution is -2.44.